The van der Waals surface area contributed by atoms with Crippen LogP contribution in [0.25, 0.3) is 5.57 Å². The molecule has 0 saturated heterocycles. The maximum atomic E-state index is 9.02. The molecular formula is C19H12N4. The van der Waals surface area contributed by atoms with Gasteiger partial charge in [-0.3, -0.25) is 0 Å². The molecule has 0 atom stereocenters. The molecule has 0 fully saturated rings. The molecule has 108 valence electrons. The van der Waals surface area contributed by atoms with Crippen molar-refractivity contribution in [2.75, 3.05) is 5.32 Å². The second-order valence-electron chi connectivity index (χ2n) is 4.63. The van der Waals surface area contributed by atoms with E-state index in [1.165, 1.54) is 0 Å². The van der Waals surface area contributed by atoms with Gasteiger partial charge in [0.2, 0.25) is 0 Å². The first-order chi connectivity index (χ1) is 11.2. The number of nitrogens with zero attached hydrogens (tertiary/aromatic N) is 3. The number of rotatable bonds is 4. The molecule has 0 aliphatic rings. The van der Waals surface area contributed by atoms with Crippen molar-refractivity contribution in [3.05, 3.63) is 83.6 Å². The highest BCUT2D eigenvalue weighted by Crippen LogP contribution is 2.23. The van der Waals surface area contributed by atoms with E-state index < -0.39 is 0 Å². The van der Waals surface area contributed by atoms with E-state index in [1.807, 2.05) is 48.5 Å². The van der Waals surface area contributed by atoms with Gasteiger partial charge in [-0.05, 0) is 28.8 Å². The van der Waals surface area contributed by atoms with Crippen LogP contribution >= 0.6 is 0 Å². The van der Waals surface area contributed by atoms with Gasteiger partial charge in [0.05, 0.1) is 0 Å². The summed E-state index contributed by atoms with van der Waals surface area (Å²) in [6.45, 7) is 4.09. The van der Waals surface area contributed by atoms with Crippen LogP contribution in [-0.2, 0) is 0 Å². The van der Waals surface area contributed by atoms with Gasteiger partial charge in [-0.15, -0.1) is 0 Å². The van der Waals surface area contributed by atoms with Gasteiger partial charge in [0.1, 0.15) is 23.9 Å². The van der Waals surface area contributed by atoms with Crippen LogP contribution in [0.15, 0.2) is 72.4 Å². The first-order valence-corrected chi connectivity index (χ1v) is 6.76. The molecule has 2 rings (SSSR count). The summed E-state index contributed by atoms with van der Waals surface area (Å²) in [5.74, 6) is 0. The van der Waals surface area contributed by atoms with Crippen molar-refractivity contribution in [1.82, 2.24) is 0 Å². The van der Waals surface area contributed by atoms with Crippen molar-refractivity contribution >= 4 is 11.3 Å². The largest absolute Gasteiger partial charge is 0.345 e. The summed E-state index contributed by atoms with van der Waals surface area (Å²) >= 11 is 0. The number of hydrogen-bond donors (Lipinski definition) is 1. The van der Waals surface area contributed by atoms with Crippen LogP contribution in [0.3, 0.4) is 0 Å². The lowest BCUT2D eigenvalue weighted by molar-refractivity contribution is 1.37. The zero-order valence-electron chi connectivity index (χ0n) is 12.2. The lowest BCUT2D eigenvalue weighted by Crippen LogP contribution is -2.00. The lowest BCUT2D eigenvalue weighted by Gasteiger charge is -2.09. The number of nitriles is 3. The molecule has 0 spiro atoms. The number of nitrogens with one attached hydrogen (secondary N) is 1. The number of anilines is 1. The van der Waals surface area contributed by atoms with Gasteiger partial charge in [0.15, 0.2) is 5.57 Å². The second-order valence-corrected chi connectivity index (χ2v) is 4.63. The Balaban J connectivity index is 2.23. The Morgan fingerprint density at radius 1 is 0.783 bits per heavy atom. The van der Waals surface area contributed by atoms with Crippen molar-refractivity contribution < 1.29 is 0 Å². The Bertz CT molecular complexity index is 854. The molecule has 23 heavy (non-hydrogen) atoms. The third-order valence-corrected chi connectivity index (χ3v) is 3.21. The van der Waals surface area contributed by atoms with E-state index in [4.69, 9.17) is 15.8 Å². The number of allylic oxidation sites excluding steroid dienone is 2. The number of benzene rings is 2. The fourth-order valence-corrected chi connectivity index (χ4v) is 1.99. The normalized spacial score (nSPS) is 8.91. The molecule has 0 saturated carbocycles. The SMILES string of the molecule is C=C(c1ccccc1)c1ccc(NC(C#N)=C(C#N)C#N)cc1. The predicted octanol–water partition coefficient (Wildman–Crippen LogP) is 3.98. The van der Waals surface area contributed by atoms with E-state index in [0.29, 0.717) is 5.69 Å². The van der Waals surface area contributed by atoms with Crippen LogP contribution in [0.4, 0.5) is 5.69 Å². The van der Waals surface area contributed by atoms with Crippen LogP contribution in [0.1, 0.15) is 11.1 Å². The summed E-state index contributed by atoms with van der Waals surface area (Å²) in [6.07, 6.45) is 0. The van der Waals surface area contributed by atoms with Crippen LogP contribution in [0.2, 0.25) is 0 Å². The third kappa shape index (κ3) is 3.64. The molecular weight excluding hydrogens is 284 g/mol. The van der Waals surface area contributed by atoms with Gasteiger partial charge in [-0.2, -0.15) is 15.8 Å². The summed E-state index contributed by atoms with van der Waals surface area (Å²) in [6, 6.07) is 22.3. The molecule has 4 nitrogen and oxygen atoms in total. The average molecular weight is 296 g/mol. The molecule has 1 N–H and O–H groups in total. The average Bonchev–Trinajstić information content (AvgIpc) is 2.62. The van der Waals surface area contributed by atoms with Crippen molar-refractivity contribution in [3.63, 3.8) is 0 Å². The monoisotopic (exact) mass is 296 g/mol. The zero-order chi connectivity index (χ0) is 16.7. The quantitative estimate of drug-likeness (QED) is 0.865. The van der Waals surface area contributed by atoms with Gasteiger partial charge in [0.25, 0.3) is 0 Å². The summed E-state index contributed by atoms with van der Waals surface area (Å²) in [4.78, 5) is 0. The Kier molecular flexibility index (Phi) is 4.92. The second kappa shape index (κ2) is 7.27. The molecule has 0 radical (unpaired) electrons. The fourth-order valence-electron chi connectivity index (χ4n) is 1.99. The predicted molar refractivity (Wildman–Crippen MR) is 88.5 cm³/mol. The maximum Gasteiger partial charge on any atom is 0.163 e. The Labute approximate surface area is 134 Å². The lowest BCUT2D eigenvalue weighted by atomic mass is 9.99. The Hall–Kier alpha value is -3.81. The van der Waals surface area contributed by atoms with Crippen LogP contribution < -0.4 is 5.32 Å². The van der Waals surface area contributed by atoms with Crippen molar-refractivity contribution in [2.24, 2.45) is 0 Å². The van der Waals surface area contributed by atoms with Gasteiger partial charge < -0.3 is 5.32 Å². The van der Waals surface area contributed by atoms with Crippen LogP contribution in [-0.4, -0.2) is 0 Å². The molecule has 0 aromatic heterocycles. The minimum absolute atomic E-state index is 0.0652. The molecule has 0 amide bonds. The highest BCUT2D eigenvalue weighted by molar-refractivity contribution is 5.78. The molecule has 0 aliphatic heterocycles. The molecule has 2 aromatic carbocycles. The van der Waals surface area contributed by atoms with E-state index in [1.54, 1.807) is 24.3 Å². The third-order valence-electron chi connectivity index (χ3n) is 3.21. The van der Waals surface area contributed by atoms with Crippen LogP contribution in [0.5, 0.6) is 0 Å². The minimum atomic E-state index is -0.245. The smallest absolute Gasteiger partial charge is 0.163 e. The molecule has 0 bridgehead atoms. The van der Waals surface area contributed by atoms with Gasteiger partial charge in [0, 0.05) is 5.69 Å². The summed E-state index contributed by atoms with van der Waals surface area (Å²) in [7, 11) is 0. The van der Waals surface area contributed by atoms with Crippen molar-refractivity contribution in [1.29, 1.82) is 15.8 Å². The molecule has 0 unspecified atom stereocenters. The standard InChI is InChI=1S/C19H12N4/c1-14(15-5-3-2-4-6-15)16-7-9-18(10-8-16)23-19(13-22)17(11-20)12-21/h2-10,23H,1H2. The van der Waals surface area contributed by atoms with E-state index >= 15 is 0 Å². The van der Waals surface area contributed by atoms with Crippen LogP contribution in [0, 0.1) is 34.0 Å². The summed E-state index contributed by atoms with van der Waals surface area (Å²) < 4.78 is 0. The maximum absolute atomic E-state index is 9.02. The number of hydrogen-bond acceptors (Lipinski definition) is 4. The highest BCUT2D eigenvalue weighted by atomic mass is 14.9. The van der Waals surface area contributed by atoms with E-state index in [2.05, 4.69) is 11.9 Å². The first kappa shape index (κ1) is 15.6. The van der Waals surface area contributed by atoms with Gasteiger partial charge >= 0.3 is 0 Å². The van der Waals surface area contributed by atoms with Gasteiger partial charge in [-0.25, -0.2) is 0 Å². The van der Waals surface area contributed by atoms with Gasteiger partial charge in [-0.1, -0.05) is 49.0 Å². The molecule has 2 aromatic rings. The van der Waals surface area contributed by atoms with Crippen molar-refractivity contribution in [3.8, 4) is 18.2 Å². The zero-order valence-corrected chi connectivity index (χ0v) is 12.2. The molecule has 0 aliphatic carbocycles. The van der Waals surface area contributed by atoms with E-state index in [0.717, 1.165) is 16.7 Å². The molecule has 0 heterocycles. The first-order valence-electron chi connectivity index (χ1n) is 6.76. The Morgan fingerprint density at radius 2 is 1.35 bits per heavy atom. The Morgan fingerprint density at radius 3 is 1.87 bits per heavy atom. The highest BCUT2D eigenvalue weighted by Gasteiger charge is 2.07. The topological polar surface area (TPSA) is 83.4 Å². The molecule has 4 heteroatoms. The van der Waals surface area contributed by atoms with Crippen molar-refractivity contribution in [2.45, 2.75) is 0 Å². The fraction of sp³-hybridized carbons (Fsp3) is 0. The minimum Gasteiger partial charge on any atom is -0.345 e. The summed E-state index contributed by atoms with van der Waals surface area (Å²) in [5.41, 5.74) is 3.18. The van der Waals surface area contributed by atoms with E-state index in [9.17, 15) is 0 Å². The van der Waals surface area contributed by atoms with E-state index in [-0.39, 0.29) is 11.3 Å². The summed E-state index contributed by atoms with van der Waals surface area (Å²) in [5, 5.41) is 29.4.